The predicted octanol–water partition coefficient (Wildman–Crippen LogP) is -0.241. The molecule has 0 spiro atoms. The van der Waals surface area contributed by atoms with Gasteiger partial charge in [-0.3, -0.25) is 5.01 Å². The molecule has 0 radical (unpaired) electrons. The number of benzene rings is 1. The van der Waals surface area contributed by atoms with Crippen LogP contribution in [0.3, 0.4) is 0 Å². The van der Waals surface area contributed by atoms with Gasteiger partial charge in [0.15, 0.2) is 0 Å². The van der Waals surface area contributed by atoms with Crippen molar-refractivity contribution in [1.82, 2.24) is 0 Å². The molecular weight excluding hydrogens is 196 g/mol. The number of amides is 2. The molecule has 7 N–H and O–H groups in total. The number of hydrogen-bond donors (Lipinski definition) is 4. The number of rotatable bonds is 3. The first-order valence-electron chi connectivity index (χ1n) is 4.07. The molecule has 7 heteroatoms. The summed E-state index contributed by atoms with van der Waals surface area (Å²) in [6, 6.07) is 6.12. The Kier molecular flexibility index (Phi) is 3.47. The van der Waals surface area contributed by atoms with E-state index >= 15 is 0 Å². The average Bonchev–Trinajstić information content (AvgIpc) is 2.17. The number of hydrazine groups is 1. The van der Waals surface area contributed by atoms with Crippen LogP contribution in [-0.2, 0) is 0 Å². The number of nitrogens with one attached hydrogen (secondary N) is 1. The normalized spacial score (nSPS) is 10.2. The van der Waals surface area contributed by atoms with Crippen molar-refractivity contribution in [3.05, 3.63) is 24.3 Å². The number of anilines is 2. The van der Waals surface area contributed by atoms with Crippen molar-refractivity contribution in [3.63, 3.8) is 0 Å². The fourth-order valence-electron chi connectivity index (χ4n) is 1.03. The first-order valence-corrected chi connectivity index (χ1v) is 4.07. The molecule has 0 aliphatic rings. The summed E-state index contributed by atoms with van der Waals surface area (Å²) >= 11 is 0. The molecule has 2 amide bonds. The van der Waals surface area contributed by atoms with Gasteiger partial charge in [-0.25, -0.2) is 10.6 Å². The quantitative estimate of drug-likeness (QED) is 0.237. The van der Waals surface area contributed by atoms with Crippen LogP contribution < -0.4 is 27.7 Å². The Morgan fingerprint density at radius 1 is 1.53 bits per heavy atom. The van der Waals surface area contributed by atoms with Gasteiger partial charge in [-0.1, -0.05) is 6.07 Å². The number of carbonyl (C=O) groups is 1. The summed E-state index contributed by atoms with van der Waals surface area (Å²) in [4.78, 5) is 10.6. The Morgan fingerprint density at radius 2 is 2.27 bits per heavy atom. The van der Waals surface area contributed by atoms with Gasteiger partial charge in [0.2, 0.25) is 0 Å². The number of hydrazone groups is 1. The average molecular weight is 208 g/mol. The highest BCUT2D eigenvalue weighted by molar-refractivity contribution is 5.89. The van der Waals surface area contributed by atoms with Crippen molar-refractivity contribution in [3.8, 4) is 0 Å². The zero-order chi connectivity index (χ0) is 11.3. The van der Waals surface area contributed by atoms with E-state index in [0.29, 0.717) is 11.4 Å². The molecule has 15 heavy (non-hydrogen) atoms. The van der Waals surface area contributed by atoms with E-state index in [1.54, 1.807) is 24.3 Å². The van der Waals surface area contributed by atoms with Crippen LogP contribution in [0.2, 0.25) is 0 Å². The van der Waals surface area contributed by atoms with Gasteiger partial charge < -0.3 is 16.9 Å². The molecule has 0 aliphatic heterocycles. The number of urea groups is 1. The first-order chi connectivity index (χ1) is 7.13. The van der Waals surface area contributed by atoms with Gasteiger partial charge in [0, 0.05) is 5.69 Å². The third kappa shape index (κ3) is 3.16. The minimum absolute atomic E-state index is 0.542. The first kappa shape index (κ1) is 10.8. The molecule has 0 aromatic heterocycles. The standard InChI is InChI=1S/C8H12N6O/c9-8(15)13-6-2-1-3-7(4-6)14(11)5-12-10/h1-5H,10-11H2,(H3,9,13,15)/b12-5-. The largest absolute Gasteiger partial charge is 0.351 e. The van der Waals surface area contributed by atoms with Crippen molar-refractivity contribution in [2.24, 2.45) is 22.5 Å². The highest BCUT2D eigenvalue weighted by atomic mass is 16.2. The number of carbonyl (C=O) groups excluding carboxylic acids is 1. The van der Waals surface area contributed by atoms with E-state index in [4.69, 9.17) is 17.4 Å². The van der Waals surface area contributed by atoms with Crippen LogP contribution in [0, 0.1) is 0 Å². The van der Waals surface area contributed by atoms with E-state index in [-0.39, 0.29) is 0 Å². The Bertz CT molecular complexity index is 377. The van der Waals surface area contributed by atoms with Crippen molar-refractivity contribution >= 4 is 23.7 Å². The molecular formula is C8H12N6O. The number of hydrogen-bond acceptors (Lipinski definition) is 4. The highest BCUT2D eigenvalue weighted by Crippen LogP contribution is 2.16. The van der Waals surface area contributed by atoms with Crippen molar-refractivity contribution in [2.75, 3.05) is 10.3 Å². The summed E-state index contributed by atoms with van der Waals surface area (Å²) in [5, 5.41) is 6.90. The van der Waals surface area contributed by atoms with Crippen LogP contribution in [0.25, 0.3) is 0 Å². The van der Waals surface area contributed by atoms with Gasteiger partial charge in [0.05, 0.1) is 5.69 Å². The number of nitrogens with two attached hydrogens (primary N) is 3. The van der Waals surface area contributed by atoms with E-state index in [9.17, 15) is 4.79 Å². The fourth-order valence-corrected chi connectivity index (χ4v) is 1.03. The van der Waals surface area contributed by atoms with Gasteiger partial charge in [-0.05, 0) is 18.2 Å². The summed E-state index contributed by atoms with van der Waals surface area (Å²) in [5.74, 6) is 10.5. The maximum absolute atomic E-state index is 10.6. The third-order valence-corrected chi connectivity index (χ3v) is 1.60. The summed E-state index contributed by atoms with van der Waals surface area (Å²) < 4.78 is 0. The van der Waals surface area contributed by atoms with Crippen LogP contribution in [-0.4, -0.2) is 12.4 Å². The lowest BCUT2D eigenvalue weighted by Crippen LogP contribution is -2.29. The lowest BCUT2D eigenvalue weighted by Gasteiger charge is -2.13. The van der Waals surface area contributed by atoms with Gasteiger partial charge in [0.25, 0.3) is 0 Å². The molecule has 1 aromatic carbocycles. The van der Waals surface area contributed by atoms with Gasteiger partial charge in [0.1, 0.15) is 6.34 Å². The van der Waals surface area contributed by atoms with E-state index in [1.807, 2.05) is 0 Å². The maximum atomic E-state index is 10.6. The Balaban J connectivity index is 2.86. The van der Waals surface area contributed by atoms with Crippen LogP contribution in [0.5, 0.6) is 0 Å². The number of primary amides is 1. The predicted molar refractivity (Wildman–Crippen MR) is 59.0 cm³/mol. The van der Waals surface area contributed by atoms with Crippen LogP contribution >= 0.6 is 0 Å². The molecule has 80 valence electrons. The van der Waals surface area contributed by atoms with E-state index in [0.717, 1.165) is 0 Å². The van der Waals surface area contributed by atoms with Gasteiger partial charge in [-0.2, -0.15) is 5.10 Å². The minimum atomic E-state index is -0.636. The molecule has 0 heterocycles. The van der Waals surface area contributed by atoms with Crippen LogP contribution in [0.4, 0.5) is 16.2 Å². The van der Waals surface area contributed by atoms with Crippen molar-refractivity contribution in [2.45, 2.75) is 0 Å². The molecule has 0 atom stereocenters. The topological polar surface area (TPSA) is 123 Å². The lowest BCUT2D eigenvalue weighted by molar-refractivity contribution is 0.259. The number of nitrogens with zero attached hydrogens (tertiary/aromatic N) is 2. The smallest absolute Gasteiger partial charge is 0.316 e. The summed E-state index contributed by atoms with van der Waals surface area (Å²) in [6.45, 7) is 0. The molecule has 0 saturated heterocycles. The second-order valence-corrected chi connectivity index (χ2v) is 2.71. The monoisotopic (exact) mass is 208 g/mol. The van der Waals surface area contributed by atoms with Crippen LogP contribution in [0.15, 0.2) is 29.4 Å². The molecule has 7 nitrogen and oxygen atoms in total. The summed E-state index contributed by atoms with van der Waals surface area (Å²) in [5.41, 5.74) is 6.13. The SMILES string of the molecule is N/N=C\N(N)c1cccc(NC(N)=O)c1. The Hall–Kier alpha value is -2.28. The van der Waals surface area contributed by atoms with Gasteiger partial charge >= 0.3 is 6.03 Å². The molecule has 0 saturated carbocycles. The Labute approximate surface area is 86.5 Å². The molecule has 0 unspecified atom stereocenters. The van der Waals surface area contributed by atoms with Gasteiger partial charge in [-0.15, -0.1) is 0 Å². The lowest BCUT2D eigenvalue weighted by atomic mass is 10.3. The molecule has 0 aliphatic carbocycles. The summed E-state index contributed by atoms with van der Waals surface area (Å²) in [6.07, 6.45) is 1.24. The summed E-state index contributed by atoms with van der Waals surface area (Å²) in [7, 11) is 0. The molecule has 1 aromatic rings. The minimum Gasteiger partial charge on any atom is -0.351 e. The second-order valence-electron chi connectivity index (χ2n) is 2.71. The van der Waals surface area contributed by atoms with Crippen molar-refractivity contribution in [1.29, 1.82) is 0 Å². The second kappa shape index (κ2) is 4.82. The van der Waals surface area contributed by atoms with E-state index in [2.05, 4.69) is 10.4 Å². The zero-order valence-corrected chi connectivity index (χ0v) is 7.92. The molecule has 0 fully saturated rings. The van der Waals surface area contributed by atoms with E-state index < -0.39 is 6.03 Å². The van der Waals surface area contributed by atoms with Crippen molar-refractivity contribution < 1.29 is 4.79 Å². The fraction of sp³-hybridized carbons (Fsp3) is 0. The highest BCUT2D eigenvalue weighted by Gasteiger charge is 2.01. The third-order valence-electron chi connectivity index (χ3n) is 1.60. The van der Waals surface area contributed by atoms with Crippen LogP contribution in [0.1, 0.15) is 0 Å². The molecule has 1 rings (SSSR count). The molecule has 0 bridgehead atoms. The zero-order valence-electron chi connectivity index (χ0n) is 7.92. The Morgan fingerprint density at radius 3 is 2.87 bits per heavy atom. The maximum Gasteiger partial charge on any atom is 0.316 e. The van der Waals surface area contributed by atoms with E-state index in [1.165, 1.54) is 11.3 Å².